The Balaban J connectivity index is 2.05. The summed E-state index contributed by atoms with van der Waals surface area (Å²) in [7, 11) is 4.71. The molecule has 0 aliphatic carbocycles. The van der Waals surface area contributed by atoms with Gasteiger partial charge in [0.05, 0.1) is 38.2 Å². The van der Waals surface area contributed by atoms with Gasteiger partial charge in [0.15, 0.2) is 16.3 Å². The number of hydrogen-bond acceptors (Lipinski definition) is 6. The van der Waals surface area contributed by atoms with Crippen LogP contribution in [0.15, 0.2) is 41.4 Å². The molecule has 1 amide bonds. The lowest BCUT2D eigenvalue weighted by molar-refractivity contribution is 0.0996. The van der Waals surface area contributed by atoms with Crippen molar-refractivity contribution < 1.29 is 23.7 Å². The number of aromatic nitrogens is 1. The van der Waals surface area contributed by atoms with Crippen LogP contribution in [0.2, 0.25) is 0 Å². The van der Waals surface area contributed by atoms with Gasteiger partial charge in [0, 0.05) is 18.7 Å². The Kier molecular flexibility index (Phi) is 6.90. The van der Waals surface area contributed by atoms with E-state index in [9.17, 15) is 4.79 Å². The Labute approximate surface area is 173 Å². The number of carbonyl (C=O) groups excluding carboxylic acids is 1. The number of fused-ring (bicyclic) bond motifs is 1. The highest BCUT2D eigenvalue weighted by molar-refractivity contribution is 7.16. The van der Waals surface area contributed by atoms with Gasteiger partial charge in [-0.1, -0.05) is 11.3 Å². The molecule has 1 heterocycles. The summed E-state index contributed by atoms with van der Waals surface area (Å²) in [6, 6.07) is 10.8. The second kappa shape index (κ2) is 9.58. The number of rotatable bonds is 8. The van der Waals surface area contributed by atoms with Crippen LogP contribution in [-0.4, -0.2) is 45.0 Å². The van der Waals surface area contributed by atoms with Crippen molar-refractivity contribution in [3.8, 4) is 17.2 Å². The fraction of sp³-hybridized carbons (Fsp3) is 0.333. The van der Waals surface area contributed by atoms with Crippen molar-refractivity contribution in [1.29, 1.82) is 0 Å². The van der Waals surface area contributed by atoms with E-state index in [0.717, 1.165) is 16.0 Å². The topological polar surface area (TPSA) is 71.3 Å². The van der Waals surface area contributed by atoms with Crippen molar-refractivity contribution in [2.45, 2.75) is 13.5 Å². The van der Waals surface area contributed by atoms with E-state index in [0.29, 0.717) is 41.6 Å². The highest BCUT2D eigenvalue weighted by atomic mass is 32.1. The number of benzene rings is 2. The standard InChI is InChI=1S/C21H24N2O5S/c1-5-28-11-10-23-16-8-7-15(25-2)13-19(16)29-21(23)22-20(24)14-6-9-17(26-3)18(12-14)27-4/h6-9,12-13H,5,10-11H2,1-4H3. The molecule has 29 heavy (non-hydrogen) atoms. The lowest BCUT2D eigenvalue weighted by Gasteiger charge is -2.08. The third kappa shape index (κ3) is 4.60. The summed E-state index contributed by atoms with van der Waals surface area (Å²) >= 11 is 1.44. The molecule has 3 rings (SSSR count). The molecule has 0 atom stereocenters. The minimum absolute atomic E-state index is 0.352. The van der Waals surface area contributed by atoms with Crippen LogP contribution in [0.3, 0.4) is 0 Å². The van der Waals surface area contributed by atoms with Crippen LogP contribution >= 0.6 is 11.3 Å². The maximum atomic E-state index is 12.8. The molecule has 0 bridgehead atoms. The van der Waals surface area contributed by atoms with Crippen LogP contribution in [0.25, 0.3) is 10.2 Å². The van der Waals surface area contributed by atoms with Crippen molar-refractivity contribution in [3.05, 3.63) is 46.8 Å². The van der Waals surface area contributed by atoms with E-state index in [1.807, 2.05) is 29.7 Å². The van der Waals surface area contributed by atoms with Crippen molar-refractivity contribution in [2.24, 2.45) is 4.99 Å². The molecule has 0 saturated heterocycles. The summed E-state index contributed by atoms with van der Waals surface area (Å²) in [4.78, 5) is 17.8. The summed E-state index contributed by atoms with van der Waals surface area (Å²) in [5.74, 6) is 1.45. The predicted octanol–water partition coefficient (Wildman–Crippen LogP) is 3.51. The second-order valence-corrected chi connectivity index (χ2v) is 7.06. The Morgan fingerprint density at radius 2 is 1.83 bits per heavy atom. The zero-order valence-corrected chi connectivity index (χ0v) is 17.7. The molecule has 0 aliphatic rings. The number of amides is 1. The maximum absolute atomic E-state index is 12.8. The van der Waals surface area contributed by atoms with Gasteiger partial charge in [-0.05, 0) is 43.3 Å². The average Bonchev–Trinajstić information content (AvgIpc) is 3.09. The zero-order chi connectivity index (χ0) is 20.8. The third-order valence-corrected chi connectivity index (χ3v) is 5.42. The predicted molar refractivity (Wildman–Crippen MR) is 112 cm³/mol. The second-order valence-electron chi connectivity index (χ2n) is 6.05. The first-order valence-electron chi connectivity index (χ1n) is 9.17. The van der Waals surface area contributed by atoms with E-state index in [1.54, 1.807) is 32.4 Å². The van der Waals surface area contributed by atoms with E-state index >= 15 is 0 Å². The molecule has 0 spiro atoms. The summed E-state index contributed by atoms with van der Waals surface area (Å²) in [5, 5.41) is 0. The van der Waals surface area contributed by atoms with Crippen molar-refractivity contribution in [1.82, 2.24) is 4.57 Å². The molecule has 0 aliphatic heterocycles. The molecule has 2 aromatic carbocycles. The maximum Gasteiger partial charge on any atom is 0.279 e. The number of nitrogens with zero attached hydrogens (tertiary/aromatic N) is 2. The Morgan fingerprint density at radius 1 is 1.03 bits per heavy atom. The van der Waals surface area contributed by atoms with Crippen LogP contribution in [0, 0.1) is 0 Å². The van der Waals surface area contributed by atoms with Gasteiger partial charge >= 0.3 is 0 Å². The number of thiazole rings is 1. The Morgan fingerprint density at radius 3 is 2.52 bits per heavy atom. The van der Waals surface area contributed by atoms with Gasteiger partial charge in [-0.3, -0.25) is 4.79 Å². The minimum Gasteiger partial charge on any atom is -0.497 e. The van der Waals surface area contributed by atoms with E-state index in [1.165, 1.54) is 18.4 Å². The SMILES string of the molecule is CCOCCn1c(=NC(=O)c2ccc(OC)c(OC)c2)sc2cc(OC)ccc21. The Bertz CT molecular complexity index is 1070. The molecule has 0 radical (unpaired) electrons. The van der Waals surface area contributed by atoms with Gasteiger partial charge < -0.3 is 23.5 Å². The molecule has 0 fully saturated rings. The number of methoxy groups -OCH3 is 3. The molecule has 3 aromatic rings. The fourth-order valence-electron chi connectivity index (χ4n) is 2.90. The zero-order valence-electron chi connectivity index (χ0n) is 16.9. The summed E-state index contributed by atoms with van der Waals surface area (Å²) in [5.41, 5.74) is 1.41. The summed E-state index contributed by atoms with van der Waals surface area (Å²) in [6.07, 6.45) is 0. The first-order valence-corrected chi connectivity index (χ1v) is 9.99. The highest BCUT2D eigenvalue weighted by Gasteiger charge is 2.13. The van der Waals surface area contributed by atoms with Gasteiger partial charge in [-0.25, -0.2) is 0 Å². The van der Waals surface area contributed by atoms with E-state index in [4.69, 9.17) is 18.9 Å². The number of hydrogen-bond donors (Lipinski definition) is 0. The quantitative estimate of drug-likeness (QED) is 0.526. The molecule has 0 saturated carbocycles. The monoisotopic (exact) mass is 416 g/mol. The van der Waals surface area contributed by atoms with Gasteiger partial charge in [0.25, 0.3) is 5.91 Å². The summed E-state index contributed by atoms with van der Waals surface area (Å²) < 4.78 is 24.3. The van der Waals surface area contributed by atoms with Crippen LogP contribution in [-0.2, 0) is 11.3 Å². The van der Waals surface area contributed by atoms with Crippen molar-refractivity contribution in [2.75, 3.05) is 34.5 Å². The molecule has 154 valence electrons. The van der Waals surface area contributed by atoms with Gasteiger partial charge in [-0.2, -0.15) is 4.99 Å². The van der Waals surface area contributed by atoms with E-state index in [-0.39, 0.29) is 5.91 Å². The number of carbonyl (C=O) groups is 1. The first kappa shape index (κ1) is 20.9. The number of ether oxygens (including phenoxy) is 4. The van der Waals surface area contributed by atoms with Gasteiger partial charge in [0.2, 0.25) is 0 Å². The van der Waals surface area contributed by atoms with Crippen LogP contribution in [0.4, 0.5) is 0 Å². The lowest BCUT2D eigenvalue weighted by atomic mass is 10.2. The Hall–Kier alpha value is -2.84. The minimum atomic E-state index is -0.352. The van der Waals surface area contributed by atoms with Gasteiger partial charge in [-0.15, -0.1) is 0 Å². The van der Waals surface area contributed by atoms with Crippen molar-refractivity contribution in [3.63, 3.8) is 0 Å². The van der Waals surface area contributed by atoms with Gasteiger partial charge in [0.1, 0.15) is 5.75 Å². The molecule has 0 N–H and O–H groups in total. The third-order valence-electron chi connectivity index (χ3n) is 4.38. The molecular weight excluding hydrogens is 392 g/mol. The van der Waals surface area contributed by atoms with Crippen LogP contribution in [0.1, 0.15) is 17.3 Å². The molecule has 0 unspecified atom stereocenters. The smallest absolute Gasteiger partial charge is 0.279 e. The first-order chi connectivity index (χ1) is 14.1. The lowest BCUT2D eigenvalue weighted by Crippen LogP contribution is -2.19. The average molecular weight is 416 g/mol. The fourth-order valence-corrected chi connectivity index (χ4v) is 3.99. The largest absolute Gasteiger partial charge is 0.497 e. The summed E-state index contributed by atoms with van der Waals surface area (Å²) in [6.45, 7) is 3.71. The van der Waals surface area contributed by atoms with E-state index in [2.05, 4.69) is 4.99 Å². The van der Waals surface area contributed by atoms with Crippen molar-refractivity contribution >= 4 is 27.5 Å². The van der Waals surface area contributed by atoms with E-state index < -0.39 is 0 Å². The highest BCUT2D eigenvalue weighted by Crippen LogP contribution is 2.28. The molecule has 1 aromatic heterocycles. The molecule has 7 nitrogen and oxygen atoms in total. The normalized spacial score (nSPS) is 11.7. The molecule has 8 heteroatoms. The van der Waals surface area contributed by atoms with Crippen LogP contribution in [0.5, 0.6) is 17.2 Å². The van der Waals surface area contributed by atoms with Crippen LogP contribution < -0.4 is 19.0 Å². The molecular formula is C21H24N2O5S.